The van der Waals surface area contributed by atoms with Gasteiger partial charge in [-0.05, 0) is 31.3 Å². The summed E-state index contributed by atoms with van der Waals surface area (Å²) in [5, 5.41) is 3.50. The van der Waals surface area contributed by atoms with Crippen LogP contribution in [0.1, 0.15) is 77.0 Å². The van der Waals surface area contributed by atoms with Crippen LogP contribution in [0, 0.1) is 11.8 Å². The second-order valence-electron chi connectivity index (χ2n) is 9.06. The number of thioether (sulfide) groups is 1. The molecule has 1 N–H and O–H groups in total. The fourth-order valence-electron chi connectivity index (χ4n) is 5.54. The van der Waals surface area contributed by atoms with Gasteiger partial charge in [-0.1, -0.05) is 76.0 Å². The topological polar surface area (TPSA) is 41.5 Å². The summed E-state index contributed by atoms with van der Waals surface area (Å²) in [6.07, 6.45) is 24.2. The van der Waals surface area contributed by atoms with Gasteiger partial charge in [-0.25, -0.2) is 0 Å². The van der Waals surface area contributed by atoms with Gasteiger partial charge in [0.2, 0.25) is 5.91 Å². The smallest absolute Gasteiger partial charge is 0.224 e. The summed E-state index contributed by atoms with van der Waals surface area (Å²) < 4.78 is -0.0402. The number of hydrogen-bond acceptors (Lipinski definition) is 3. The SMILES string of the molecule is O=C(NC1CCCCCCCCCCC1)C1CSC23C=CC=CC2=NCCC13. The number of rotatable bonds is 2. The van der Waals surface area contributed by atoms with E-state index in [4.69, 9.17) is 4.99 Å². The van der Waals surface area contributed by atoms with E-state index in [9.17, 15) is 4.79 Å². The summed E-state index contributed by atoms with van der Waals surface area (Å²) in [4.78, 5) is 18.1. The number of nitrogens with zero attached hydrogens (tertiary/aromatic N) is 1. The van der Waals surface area contributed by atoms with E-state index in [1.165, 1.54) is 63.5 Å². The second-order valence-corrected chi connectivity index (χ2v) is 10.4. The molecule has 1 amide bonds. The zero-order valence-corrected chi connectivity index (χ0v) is 18.0. The monoisotopic (exact) mass is 400 g/mol. The van der Waals surface area contributed by atoms with Crippen molar-refractivity contribution < 1.29 is 4.79 Å². The van der Waals surface area contributed by atoms with Crippen LogP contribution in [0.5, 0.6) is 0 Å². The van der Waals surface area contributed by atoms with E-state index < -0.39 is 0 Å². The van der Waals surface area contributed by atoms with Crippen molar-refractivity contribution in [2.75, 3.05) is 12.3 Å². The van der Waals surface area contributed by atoms with Crippen LogP contribution < -0.4 is 5.32 Å². The third kappa shape index (κ3) is 4.42. The second kappa shape index (κ2) is 9.65. The maximum atomic E-state index is 13.3. The molecule has 1 spiro atoms. The van der Waals surface area contributed by atoms with Gasteiger partial charge in [-0.3, -0.25) is 9.79 Å². The van der Waals surface area contributed by atoms with Crippen LogP contribution in [0.4, 0.5) is 0 Å². The van der Waals surface area contributed by atoms with Crippen molar-refractivity contribution >= 4 is 23.4 Å². The van der Waals surface area contributed by atoms with Crippen LogP contribution in [-0.2, 0) is 4.79 Å². The van der Waals surface area contributed by atoms with E-state index in [1.807, 2.05) is 11.8 Å². The molecule has 3 unspecified atom stereocenters. The number of aliphatic imine (C=N–C) groups is 1. The van der Waals surface area contributed by atoms with E-state index in [0.29, 0.717) is 17.9 Å². The number of amides is 1. The summed E-state index contributed by atoms with van der Waals surface area (Å²) in [7, 11) is 0. The molecule has 0 radical (unpaired) electrons. The highest BCUT2D eigenvalue weighted by molar-refractivity contribution is 8.02. The van der Waals surface area contributed by atoms with Crippen LogP contribution in [0.15, 0.2) is 29.3 Å². The Morgan fingerprint density at radius 3 is 2.36 bits per heavy atom. The summed E-state index contributed by atoms with van der Waals surface area (Å²) in [6.45, 7) is 0.869. The number of hydrogen-bond donors (Lipinski definition) is 1. The lowest BCUT2D eigenvalue weighted by atomic mass is 9.74. The first-order chi connectivity index (χ1) is 13.8. The highest BCUT2D eigenvalue weighted by Gasteiger charge is 2.54. The molecule has 0 aromatic rings. The van der Waals surface area contributed by atoms with Crippen LogP contribution in [-0.4, -0.2) is 34.7 Å². The van der Waals surface area contributed by atoms with Crippen molar-refractivity contribution in [2.45, 2.75) is 87.8 Å². The average molecular weight is 401 g/mol. The van der Waals surface area contributed by atoms with Gasteiger partial charge in [0, 0.05) is 18.3 Å². The molecule has 2 aliphatic carbocycles. The Morgan fingerprint density at radius 1 is 0.964 bits per heavy atom. The molecule has 0 aromatic carbocycles. The molecule has 4 aliphatic rings. The molecule has 3 nitrogen and oxygen atoms in total. The quantitative estimate of drug-likeness (QED) is 0.668. The Morgan fingerprint density at radius 2 is 1.64 bits per heavy atom. The minimum Gasteiger partial charge on any atom is -0.353 e. The van der Waals surface area contributed by atoms with Gasteiger partial charge < -0.3 is 5.32 Å². The minimum atomic E-state index is -0.0402. The highest BCUT2D eigenvalue weighted by atomic mass is 32.2. The van der Waals surface area contributed by atoms with Gasteiger partial charge in [-0.2, -0.15) is 0 Å². The van der Waals surface area contributed by atoms with E-state index in [1.54, 1.807) is 0 Å². The molecule has 2 fully saturated rings. The van der Waals surface area contributed by atoms with Crippen molar-refractivity contribution in [1.82, 2.24) is 5.32 Å². The molecule has 1 saturated heterocycles. The van der Waals surface area contributed by atoms with Crippen molar-refractivity contribution in [3.63, 3.8) is 0 Å². The highest BCUT2D eigenvalue weighted by Crippen LogP contribution is 2.52. The third-order valence-corrected chi connectivity index (χ3v) is 8.81. The van der Waals surface area contributed by atoms with Crippen molar-refractivity contribution in [2.24, 2.45) is 16.8 Å². The van der Waals surface area contributed by atoms with Gasteiger partial charge >= 0.3 is 0 Å². The predicted molar refractivity (Wildman–Crippen MR) is 120 cm³/mol. The number of carbonyl (C=O) groups is 1. The van der Waals surface area contributed by atoms with E-state index in [2.05, 4.69) is 29.6 Å². The first kappa shape index (κ1) is 20.3. The lowest BCUT2D eigenvalue weighted by Crippen LogP contribution is -2.48. The molecular formula is C24H36N2OS. The van der Waals surface area contributed by atoms with Crippen LogP contribution >= 0.6 is 11.8 Å². The minimum absolute atomic E-state index is 0.0402. The molecule has 4 rings (SSSR count). The molecule has 4 heteroatoms. The lowest BCUT2D eigenvalue weighted by Gasteiger charge is -2.38. The van der Waals surface area contributed by atoms with Gasteiger partial charge in [0.1, 0.15) is 0 Å². The van der Waals surface area contributed by atoms with E-state index >= 15 is 0 Å². The van der Waals surface area contributed by atoms with Crippen molar-refractivity contribution in [3.05, 3.63) is 24.3 Å². The van der Waals surface area contributed by atoms with Crippen molar-refractivity contribution in [1.29, 1.82) is 0 Å². The molecule has 28 heavy (non-hydrogen) atoms. The zero-order valence-electron chi connectivity index (χ0n) is 17.2. The standard InChI is InChI=1S/C24H36N2OS/c27-23(26-19-12-8-6-4-2-1-3-5-7-9-13-19)20-18-28-24-16-11-10-14-22(24)25-17-15-21(20)24/h10-11,14,16,19-21H,1-9,12-13,15,17-18H2,(H,26,27). The summed E-state index contributed by atoms with van der Waals surface area (Å²) >= 11 is 1.95. The van der Waals surface area contributed by atoms with Gasteiger partial charge in [0.05, 0.1) is 16.4 Å². The molecular weight excluding hydrogens is 364 g/mol. The fourth-order valence-corrected chi connectivity index (χ4v) is 7.33. The van der Waals surface area contributed by atoms with Gasteiger partial charge in [-0.15, -0.1) is 11.8 Å². The van der Waals surface area contributed by atoms with Gasteiger partial charge in [0.25, 0.3) is 0 Å². The summed E-state index contributed by atoms with van der Waals surface area (Å²) in [5.74, 6) is 1.78. The predicted octanol–water partition coefficient (Wildman–Crippen LogP) is 5.46. The Labute approximate surface area is 174 Å². The zero-order chi connectivity index (χ0) is 19.2. The average Bonchev–Trinajstić information content (AvgIpc) is 3.08. The third-order valence-electron chi connectivity index (χ3n) is 7.16. The lowest BCUT2D eigenvalue weighted by molar-refractivity contribution is -0.126. The largest absolute Gasteiger partial charge is 0.353 e. The molecule has 2 aliphatic heterocycles. The molecule has 0 aromatic heterocycles. The molecule has 154 valence electrons. The molecule has 3 atom stereocenters. The maximum Gasteiger partial charge on any atom is 0.224 e. The first-order valence-electron chi connectivity index (χ1n) is 11.6. The first-order valence-corrected chi connectivity index (χ1v) is 12.6. The Bertz CT molecular complexity index is 629. The number of carbonyl (C=O) groups excluding carboxylic acids is 1. The molecule has 0 bridgehead atoms. The Kier molecular flexibility index (Phi) is 6.98. The Balaban J connectivity index is 1.38. The van der Waals surface area contributed by atoms with E-state index in [0.717, 1.165) is 31.6 Å². The summed E-state index contributed by atoms with van der Waals surface area (Å²) in [6, 6.07) is 0.381. The molecule has 1 saturated carbocycles. The van der Waals surface area contributed by atoms with Crippen LogP contribution in [0.2, 0.25) is 0 Å². The fraction of sp³-hybridized carbons (Fsp3) is 0.750. The maximum absolute atomic E-state index is 13.3. The Hall–Kier alpha value is -1.03. The number of nitrogens with one attached hydrogen (secondary N) is 1. The van der Waals surface area contributed by atoms with Crippen LogP contribution in [0.25, 0.3) is 0 Å². The van der Waals surface area contributed by atoms with Crippen molar-refractivity contribution in [3.8, 4) is 0 Å². The molecule has 2 heterocycles. The number of allylic oxidation sites excluding steroid dienone is 3. The van der Waals surface area contributed by atoms with E-state index in [-0.39, 0.29) is 10.7 Å². The normalized spacial score (nSPS) is 34.5. The van der Waals surface area contributed by atoms with Gasteiger partial charge in [0.15, 0.2) is 0 Å². The van der Waals surface area contributed by atoms with Crippen LogP contribution in [0.3, 0.4) is 0 Å². The summed E-state index contributed by atoms with van der Waals surface area (Å²) in [5.41, 5.74) is 1.19.